The number of nitrogens with zero attached hydrogens (tertiary/aromatic N) is 3. The highest BCUT2D eigenvalue weighted by Crippen LogP contribution is 2.21. The van der Waals surface area contributed by atoms with Crippen LogP contribution in [-0.4, -0.2) is 51.9 Å². The molecule has 0 saturated carbocycles. The first kappa shape index (κ1) is 16.0. The molecule has 0 aliphatic rings. The minimum Gasteiger partial charge on any atom is -0.481 e. The maximum absolute atomic E-state index is 12.5. The Bertz CT molecular complexity index is 694. The van der Waals surface area contributed by atoms with Crippen LogP contribution >= 0.6 is 23.1 Å². The van der Waals surface area contributed by atoms with Crippen LogP contribution < -0.4 is 5.56 Å². The van der Waals surface area contributed by atoms with Crippen LogP contribution in [0.2, 0.25) is 0 Å². The highest BCUT2D eigenvalue weighted by atomic mass is 32.2. The average Bonchev–Trinajstić information content (AvgIpc) is 2.87. The molecule has 0 unspecified atom stereocenters. The van der Waals surface area contributed by atoms with E-state index in [9.17, 15) is 9.59 Å². The van der Waals surface area contributed by atoms with Crippen molar-refractivity contribution < 1.29 is 9.90 Å². The first-order chi connectivity index (χ1) is 9.99. The summed E-state index contributed by atoms with van der Waals surface area (Å²) in [7, 11) is 3.95. The van der Waals surface area contributed by atoms with Gasteiger partial charge in [0.2, 0.25) is 0 Å². The Kier molecular flexibility index (Phi) is 5.38. The van der Waals surface area contributed by atoms with Gasteiger partial charge in [-0.15, -0.1) is 11.3 Å². The topological polar surface area (TPSA) is 75.4 Å². The zero-order valence-electron chi connectivity index (χ0n) is 11.9. The van der Waals surface area contributed by atoms with E-state index in [1.807, 2.05) is 24.4 Å². The molecule has 0 aromatic carbocycles. The number of hydrogen-bond acceptors (Lipinski definition) is 6. The van der Waals surface area contributed by atoms with E-state index in [0.29, 0.717) is 21.9 Å². The van der Waals surface area contributed by atoms with Crippen molar-refractivity contribution in [3.05, 3.63) is 21.8 Å². The van der Waals surface area contributed by atoms with E-state index in [1.54, 1.807) is 10.6 Å². The van der Waals surface area contributed by atoms with Crippen molar-refractivity contribution in [2.45, 2.75) is 18.1 Å². The van der Waals surface area contributed by atoms with Gasteiger partial charge in [0, 0.05) is 6.54 Å². The third-order valence-electron chi connectivity index (χ3n) is 2.86. The fraction of sp³-hybridized carbons (Fsp3) is 0.462. The highest BCUT2D eigenvalue weighted by molar-refractivity contribution is 7.99. The summed E-state index contributed by atoms with van der Waals surface area (Å²) in [5.74, 6) is -1.02. The number of carboxylic acid groups (broad SMARTS) is 1. The summed E-state index contributed by atoms with van der Waals surface area (Å²) in [4.78, 5) is 30.4. The van der Waals surface area contributed by atoms with E-state index < -0.39 is 5.97 Å². The van der Waals surface area contributed by atoms with Gasteiger partial charge in [-0.3, -0.25) is 14.2 Å². The molecule has 1 N–H and O–H groups in total. The van der Waals surface area contributed by atoms with Crippen LogP contribution in [0.3, 0.4) is 0 Å². The quantitative estimate of drug-likeness (QED) is 0.615. The van der Waals surface area contributed by atoms with Gasteiger partial charge in [-0.25, -0.2) is 4.98 Å². The summed E-state index contributed by atoms with van der Waals surface area (Å²) in [5, 5.41) is 11.7. The number of carbonyl (C=O) groups is 1. The molecule has 0 amide bonds. The van der Waals surface area contributed by atoms with Crippen molar-refractivity contribution in [1.82, 2.24) is 14.5 Å². The molecule has 0 spiro atoms. The van der Waals surface area contributed by atoms with Crippen LogP contribution in [0.15, 0.2) is 21.4 Å². The predicted molar refractivity (Wildman–Crippen MR) is 85.4 cm³/mol. The molecule has 0 radical (unpaired) electrons. The van der Waals surface area contributed by atoms with Gasteiger partial charge in [0.05, 0.1) is 11.1 Å². The minimum absolute atomic E-state index is 0.0899. The van der Waals surface area contributed by atoms with Crippen molar-refractivity contribution in [2.24, 2.45) is 0 Å². The van der Waals surface area contributed by atoms with Gasteiger partial charge >= 0.3 is 5.97 Å². The molecule has 0 bridgehead atoms. The van der Waals surface area contributed by atoms with E-state index in [0.717, 1.165) is 24.7 Å². The number of rotatable bonds is 7. The Balaban J connectivity index is 2.32. The summed E-state index contributed by atoms with van der Waals surface area (Å²) in [6.07, 6.45) is 0.810. The third kappa shape index (κ3) is 4.05. The minimum atomic E-state index is -0.916. The maximum atomic E-state index is 12.5. The maximum Gasteiger partial charge on any atom is 0.313 e. The highest BCUT2D eigenvalue weighted by Gasteiger charge is 2.13. The van der Waals surface area contributed by atoms with Crippen molar-refractivity contribution >= 4 is 39.3 Å². The molecule has 114 valence electrons. The summed E-state index contributed by atoms with van der Waals surface area (Å²) in [6.45, 7) is 1.40. The first-order valence-electron chi connectivity index (χ1n) is 6.46. The van der Waals surface area contributed by atoms with Crippen LogP contribution in [-0.2, 0) is 11.3 Å². The van der Waals surface area contributed by atoms with Crippen LogP contribution in [0.4, 0.5) is 0 Å². The molecule has 0 fully saturated rings. The van der Waals surface area contributed by atoms with E-state index >= 15 is 0 Å². The number of aliphatic carboxylic acids is 1. The van der Waals surface area contributed by atoms with Crippen molar-refractivity contribution in [3.8, 4) is 0 Å². The standard InChI is InChI=1S/C13H17N3O3S2/c1-15(2)5-3-6-16-12(19)9-4-7-20-11(9)14-13(16)21-8-10(17)18/h4,7H,3,5-6,8H2,1-2H3,(H,17,18). The molecule has 0 saturated heterocycles. The largest absolute Gasteiger partial charge is 0.481 e. The second-order valence-corrected chi connectivity index (χ2v) is 6.67. The van der Waals surface area contributed by atoms with Gasteiger partial charge < -0.3 is 10.0 Å². The monoisotopic (exact) mass is 327 g/mol. The number of hydrogen-bond donors (Lipinski definition) is 1. The second-order valence-electron chi connectivity index (χ2n) is 4.83. The second kappa shape index (κ2) is 7.06. The molecule has 2 aromatic heterocycles. The molecule has 2 rings (SSSR count). The molecule has 0 aliphatic carbocycles. The average molecular weight is 327 g/mol. The lowest BCUT2D eigenvalue weighted by molar-refractivity contribution is -0.133. The van der Waals surface area contributed by atoms with Gasteiger partial charge in [0.1, 0.15) is 4.83 Å². The molecule has 2 aromatic rings. The molecule has 0 aliphatic heterocycles. The van der Waals surface area contributed by atoms with Gasteiger partial charge in [0.15, 0.2) is 5.16 Å². The van der Waals surface area contributed by atoms with E-state index in [4.69, 9.17) is 5.11 Å². The summed E-state index contributed by atoms with van der Waals surface area (Å²) in [5.41, 5.74) is -0.0899. The Morgan fingerprint density at radius 2 is 2.29 bits per heavy atom. The Morgan fingerprint density at radius 3 is 2.95 bits per heavy atom. The van der Waals surface area contributed by atoms with E-state index in [2.05, 4.69) is 4.98 Å². The molecular weight excluding hydrogens is 310 g/mol. The van der Waals surface area contributed by atoms with Crippen molar-refractivity contribution in [1.29, 1.82) is 0 Å². The molecule has 2 heterocycles. The number of thioether (sulfide) groups is 1. The fourth-order valence-electron chi connectivity index (χ4n) is 1.91. The zero-order chi connectivity index (χ0) is 15.4. The molecule has 21 heavy (non-hydrogen) atoms. The molecular formula is C13H17N3O3S2. The fourth-order valence-corrected chi connectivity index (χ4v) is 3.46. The first-order valence-corrected chi connectivity index (χ1v) is 8.33. The number of fused-ring (bicyclic) bond motifs is 1. The van der Waals surface area contributed by atoms with Crippen molar-refractivity contribution in [2.75, 3.05) is 26.4 Å². The lowest BCUT2D eigenvalue weighted by Crippen LogP contribution is -2.25. The lowest BCUT2D eigenvalue weighted by atomic mass is 10.3. The van der Waals surface area contributed by atoms with E-state index in [-0.39, 0.29) is 11.3 Å². The normalized spacial score (nSPS) is 11.4. The molecule has 8 heteroatoms. The number of carboxylic acids is 1. The summed E-state index contributed by atoms with van der Waals surface area (Å²) in [6, 6.07) is 1.77. The lowest BCUT2D eigenvalue weighted by Gasteiger charge is -2.13. The smallest absolute Gasteiger partial charge is 0.313 e. The Hall–Kier alpha value is -1.38. The summed E-state index contributed by atoms with van der Waals surface area (Å²) >= 11 is 2.49. The van der Waals surface area contributed by atoms with Gasteiger partial charge in [0.25, 0.3) is 5.56 Å². The zero-order valence-corrected chi connectivity index (χ0v) is 13.5. The summed E-state index contributed by atoms with van der Waals surface area (Å²) < 4.78 is 1.59. The third-order valence-corrected chi connectivity index (χ3v) is 4.63. The molecule has 0 atom stereocenters. The number of thiophene rings is 1. The van der Waals surface area contributed by atoms with Gasteiger partial charge in [-0.05, 0) is 38.5 Å². The van der Waals surface area contributed by atoms with Gasteiger partial charge in [-0.2, -0.15) is 0 Å². The van der Waals surface area contributed by atoms with Crippen LogP contribution in [0.1, 0.15) is 6.42 Å². The Morgan fingerprint density at radius 1 is 1.52 bits per heavy atom. The van der Waals surface area contributed by atoms with Crippen LogP contribution in [0, 0.1) is 0 Å². The SMILES string of the molecule is CN(C)CCCn1c(SCC(=O)O)nc2sccc2c1=O. The van der Waals surface area contributed by atoms with Crippen molar-refractivity contribution in [3.63, 3.8) is 0 Å². The van der Waals surface area contributed by atoms with Crippen LogP contribution in [0.5, 0.6) is 0 Å². The Labute approximate surface area is 130 Å². The number of aromatic nitrogens is 2. The predicted octanol–water partition coefficient (Wildman–Crippen LogP) is 1.59. The van der Waals surface area contributed by atoms with E-state index in [1.165, 1.54) is 11.3 Å². The van der Waals surface area contributed by atoms with Gasteiger partial charge in [-0.1, -0.05) is 11.8 Å². The molecule has 6 nitrogen and oxygen atoms in total. The van der Waals surface area contributed by atoms with Crippen LogP contribution in [0.25, 0.3) is 10.2 Å².